The number of hydrogen-bond acceptors (Lipinski definition) is 2. The Morgan fingerprint density at radius 2 is 2.15 bits per heavy atom. The molecular formula is C9H9FN2O. The molecule has 0 fully saturated rings. The average molecular weight is 180 g/mol. The maximum atomic E-state index is 12.7. The van der Waals surface area contributed by atoms with Gasteiger partial charge < -0.3 is 10.6 Å². The fourth-order valence-electron chi connectivity index (χ4n) is 1.29. The van der Waals surface area contributed by atoms with Gasteiger partial charge in [0.2, 0.25) is 5.91 Å². The van der Waals surface area contributed by atoms with Gasteiger partial charge in [0.25, 0.3) is 0 Å². The number of fused-ring (bicyclic) bond motifs is 1. The third kappa shape index (κ3) is 1.35. The van der Waals surface area contributed by atoms with Crippen molar-refractivity contribution in [2.45, 2.75) is 13.0 Å². The Morgan fingerprint density at radius 1 is 1.38 bits per heavy atom. The van der Waals surface area contributed by atoms with E-state index < -0.39 is 0 Å². The van der Waals surface area contributed by atoms with Gasteiger partial charge in [0, 0.05) is 0 Å². The zero-order valence-electron chi connectivity index (χ0n) is 7.10. The van der Waals surface area contributed by atoms with E-state index in [1.54, 1.807) is 13.0 Å². The standard InChI is InChI=1S/C9H9FN2O/c1-5-9(13)12-8-4-6(10)2-3-7(8)11-5/h2-5,11H,1H3,(H,12,13)/t5-/m1/s1. The Balaban J connectivity index is 2.42. The number of carbonyl (C=O) groups is 1. The Kier molecular flexibility index (Phi) is 1.69. The summed E-state index contributed by atoms with van der Waals surface area (Å²) in [6.45, 7) is 1.75. The number of hydrogen-bond donors (Lipinski definition) is 2. The molecule has 4 heteroatoms. The fourth-order valence-corrected chi connectivity index (χ4v) is 1.29. The number of rotatable bonds is 0. The van der Waals surface area contributed by atoms with Gasteiger partial charge in [0.15, 0.2) is 0 Å². The summed E-state index contributed by atoms with van der Waals surface area (Å²) in [7, 11) is 0. The maximum absolute atomic E-state index is 12.7. The molecule has 1 aliphatic rings. The number of carbonyl (C=O) groups excluding carboxylic acids is 1. The lowest BCUT2D eigenvalue weighted by molar-refractivity contribution is -0.116. The van der Waals surface area contributed by atoms with Gasteiger partial charge >= 0.3 is 0 Å². The normalized spacial score (nSPS) is 20.2. The summed E-state index contributed by atoms with van der Waals surface area (Å²) in [5, 5.41) is 5.57. The van der Waals surface area contributed by atoms with Gasteiger partial charge in [-0.15, -0.1) is 0 Å². The molecule has 1 atom stereocenters. The van der Waals surface area contributed by atoms with Crippen LogP contribution in [0.1, 0.15) is 6.92 Å². The molecule has 0 unspecified atom stereocenters. The lowest BCUT2D eigenvalue weighted by Crippen LogP contribution is -2.36. The third-order valence-corrected chi connectivity index (χ3v) is 2.00. The second kappa shape index (κ2) is 2.73. The number of nitrogens with one attached hydrogen (secondary N) is 2. The number of benzene rings is 1. The first-order valence-corrected chi connectivity index (χ1v) is 4.04. The van der Waals surface area contributed by atoms with Gasteiger partial charge in [-0.1, -0.05) is 0 Å². The third-order valence-electron chi connectivity index (χ3n) is 2.00. The molecule has 68 valence electrons. The van der Waals surface area contributed by atoms with E-state index in [1.165, 1.54) is 12.1 Å². The summed E-state index contributed by atoms with van der Waals surface area (Å²) in [6, 6.07) is 4.00. The molecule has 0 aliphatic carbocycles. The smallest absolute Gasteiger partial charge is 0.246 e. The van der Waals surface area contributed by atoms with E-state index in [0.29, 0.717) is 5.69 Å². The summed E-state index contributed by atoms with van der Waals surface area (Å²) in [5.41, 5.74) is 1.26. The summed E-state index contributed by atoms with van der Waals surface area (Å²) >= 11 is 0. The van der Waals surface area contributed by atoms with Crippen molar-refractivity contribution in [1.29, 1.82) is 0 Å². The van der Waals surface area contributed by atoms with Crippen LogP contribution in [-0.4, -0.2) is 11.9 Å². The van der Waals surface area contributed by atoms with Crippen LogP contribution in [0.15, 0.2) is 18.2 Å². The molecule has 0 bridgehead atoms. The quantitative estimate of drug-likeness (QED) is 0.636. The molecule has 13 heavy (non-hydrogen) atoms. The van der Waals surface area contributed by atoms with Crippen molar-refractivity contribution in [3.63, 3.8) is 0 Å². The Morgan fingerprint density at radius 3 is 2.92 bits per heavy atom. The molecule has 1 heterocycles. The van der Waals surface area contributed by atoms with Crippen molar-refractivity contribution >= 4 is 17.3 Å². The lowest BCUT2D eigenvalue weighted by atomic mass is 10.1. The zero-order valence-corrected chi connectivity index (χ0v) is 7.10. The van der Waals surface area contributed by atoms with Crippen LogP contribution in [0.25, 0.3) is 0 Å². The Labute approximate surface area is 74.9 Å². The van der Waals surface area contributed by atoms with Crippen molar-refractivity contribution in [2.75, 3.05) is 10.6 Å². The molecule has 1 amide bonds. The predicted octanol–water partition coefficient (Wildman–Crippen LogP) is 1.58. The van der Waals surface area contributed by atoms with Crippen LogP contribution < -0.4 is 10.6 Å². The molecule has 0 saturated heterocycles. The number of amides is 1. The number of halogens is 1. The molecule has 0 radical (unpaired) electrons. The highest BCUT2D eigenvalue weighted by atomic mass is 19.1. The highest BCUT2D eigenvalue weighted by Gasteiger charge is 2.20. The van der Waals surface area contributed by atoms with Crippen molar-refractivity contribution < 1.29 is 9.18 Å². The lowest BCUT2D eigenvalue weighted by Gasteiger charge is -2.23. The predicted molar refractivity (Wildman–Crippen MR) is 48.1 cm³/mol. The van der Waals surface area contributed by atoms with E-state index in [1.807, 2.05) is 0 Å². The topological polar surface area (TPSA) is 41.1 Å². The van der Waals surface area contributed by atoms with Crippen molar-refractivity contribution in [3.8, 4) is 0 Å². The molecule has 3 nitrogen and oxygen atoms in total. The minimum atomic E-state index is -0.351. The molecule has 1 aliphatic heterocycles. The molecule has 2 N–H and O–H groups in total. The molecule has 0 saturated carbocycles. The SMILES string of the molecule is C[C@H]1Nc2ccc(F)cc2NC1=O. The van der Waals surface area contributed by atoms with Crippen LogP contribution in [-0.2, 0) is 4.79 Å². The van der Waals surface area contributed by atoms with Crippen LogP contribution in [0, 0.1) is 5.82 Å². The van der Waals surface area contributed by atoms with Crippen LogP contribution >= 0.6 is 0 Å². The summed E-state index contributed by atoms with van der Waals surface area (Å²) < 4.78 is 12.7. The maximum Gasteiger partial charge on any atom is 0.246 e. The largest absolute Gasteiger partial charge is 0.372 e. The van der Waals surface area contributed by atoms with Crippen LogP contribution in [0.4, 0.5) is 15.8 Å². The van der Waals surface area contributed by atoms with Gasteiger partial charge in [0.1, 0.15) is 11.9 Å². The van der Waals surface area contributed by atoms with Crippen molar-refractivity contribution in [2.24, 2.45) is 0 Å². The first kappa shape index (κ1) is 8.04. The van der Waals surface area contributed by atoms with Gasteiger partial charge in [-0.2, -0.15) is 0 Å². The van der Waals surface area contributed by atoms with Gasteiger partial charge in [0.05, 0.1) is 11.4 Å². The molecule has 1 aromatic rings. The van der Waals surface area contributed by atoms with E-state index in [4.69, 9.17) is 0 Å². The molecule has 0 aromatic heterocycles. The Bertz CT molecular complexity index is 365. The monoisotopic (exact) mass is 180 g/mol. The molecular weight excluding hydrogens is 171 g/mol. The van der Waals surface area contributed by atoms with E-state index in [0.717, 1.165) is 5.69 Å². The van der Waals surface area contributed by atoms with Crippen molar-refractivity contribution in [3.05, 3.63) is 24.0 Å². The summed E-state index contributed by atoms with van der Waals surface area (Å²) in [4.78, 5) is 11.2. The van der Waals surface area contributed by atoms with Crippen LogP contribution in [0.2, 0.25) is 0 Å². The minimum Gasteiger partial charge on any atom is -0.372 e. The van der Waals surface area contributed by atoms with E-state index >= 15 is 0 Å². The second-order valence-corrected chi connectivity index (χ2v) is 3.05. The fraction of sp³-hybridized carbons (Fsp3) is 0.222. The Hall–Kier alpha value is -1.58. The zero-order chi connectivity index (χ0) is 9.42. The molecule has 2 rings (SSSR count). The highest BCUT2D eigenvalue weighted by Crippen LogP contribution is 2.26. The highest BCUT2D eigenvalue weighted by molar-refractivity contribution is 6.02. The first-order chi connectivity index (χ1) is 6.16. The second-order valence-electron chi connectivity index (χ2n) is 3.05. The average Bonchev–Trinajstić information content (AvgIpc) is 2.08. The summed E-state index contributed by atoms with van der Waals surface area (Å²) in [6.07, 6.45) is 0. The van der Waals surface area contributed by atoms with Crippen molar-refractivity contribution in [1.82, 2.24) is 0 Å². The van der Waals surface area contributed by atoms with E-state index in [9.17, 15) is 9.18 Å². The minimum absolute atomic E-state index is 0.141. The van der Waals surface area contributed by atoms with E-state index in [-0.39, 0.29) is 17.8 Å². The van der Waals surface area contributed by atoms with Gasteiger partial charge in [-0.25, -0.2) is 4.39 Å². The van der Waals surface area contributed by atoms with Gasteiger partial charge in [-0.3, -0.25) is 4.79 Å². The van der Waals surface area contributed by atoms with Crippen LogP contribution in [0.3, 0.4) is 0 Å². The van der Waals surface area contributed by atoms with Crippen LogP contribution in [0.5, 0.6) is 0 Å². The molecule has 0 spiro atoms. The van der Waals surface area contributed by atoms with Gasteiger partial charge in [-0.05, 0) is 25.1 Å². The summed E-state index contributed by atoms with van der Waals surface area (Å²) in [5.74, 6) is -0.492. The number of anilines is 2. The van der Waals surface area contributed by atoms with E-state index in [2.05, 4.69) is 10.6 Å². The molecule has 1 aromatic carbocycles. The first-order valence-electron chi connectivity index (χ1n) is 4.04.